The largest absolute Gasteiger partial charge is 0.383 e. The molecule has 1 aromatic heterocycles. The summed E-state index contributed by atoms with van der Waals surface area (Å²) in [6.45, 7) is 2.99. The van der Waals surface area contributed by atoms with Gasteiger partial charge in [0.15, 0.2) is 0 Å². The standard InChI is InChI=1S/C17H22N6O3/c1-9-14(17(20)25)15(18)23(22-9)11-2-3-12(16(19)24)13(8-11)21-10-4-6-26-7-5-10/h2-3,8,10,21H,4-7,18H2,1H3,(H2,19,24)(H2,20,25). The Kier molecular flexibility index (Phi) is 4.81. The van der Waals surface area contributed by atoms with E-state index >= 15 is 0 Å². The smallest absolute Gasteiger partial charge is 0.254 e. The molecule has 1 fully saturated rings. The number of hydrogen-bond donors (Lipinski definition) is 4. The van der Waals surface area contributed by atoms with Crippen molar-refractivity contribution in [1.29, 1.82) is 0 Å². The number of amides is 2. The molecular weight excluding hydrogens is 336 g/mol. The lowest BCUT2D eigenvalue weighted by atomic mass is 10.1. The number of nitrogens with one attached hydrogen (secondary N) is 1. The van der Waals surface area contributed by atoms with Gasteiger partial charge in [-0.05, 0) is 38.0 Å². The predicted molar refractivity (Wildman–Crippen MR) is 97.2 cm³/mol. The van der Waals surface area contributed by atoms with Gasteiger partial charge in [-0.25, -0.2) is 4.68 Å². The number of anilines is 2. The lowest BCUT2D eigenvalue weighted by Crippen LogP contribution is -2.29. The van der Waals surface area contributed by atoms with Crippen LogP contribution >= 0.6 is 0 Å². The van der Waals surface area contributed by atoms with E-state index in [2.05, 4.69) is 10.4 Å². The molecule has 26 heavy (non-hydrogen) atoms. The van der Waals surface area contributed by atoms with E-state index in [-0.39, 0.29) is 17.4 Å². The van der Waals surface area contributed by atoms with E-state index < -0.39 is 11.8 Å². The van der Waals surface area contributed by atoms with Gasteiger partial charge in [0.25, 0.3) is 11.8 Å². The minimum absolute atomic E-state index is 0.152. The summed E-state index contributed by atoms with van der Waals surface area (Å²) in [6, 6.07) is 5.20. The molecule has 1 saturated heterocycles. The number of primary amides is 2. The summed E-state index contributed by atoms with van der Waals surface area (Å²) >= 11 is 0. The van der Waals surface area contributed by atoms with Crippen molar-refractivity contribution in [3.05, 3.63) is 35.0 Å². The Morgan fingerprint density at radius 1 is 1.23 bits per heavy atom. The van der Waals surface area contributed by atoms with Crippen molar-refractivity contribution in [3.8, 4) is 5.69 Å². The van der Waals surface area contributed by atoms with Crippen molar-refractivity contribution in [2.45, 2.75) is 25.8 Å². The van der Waals surface area contributed by atoms with Crippen molar-refractivity contribution in [2.24, 2.45) is 11.5 Å². The highest BCUT2D eigenvalue weighted by Crippen LogP contribution is 2.26. The summed E-state index contributed by atoms with van der Waals surface area (Å²) in [6.07, 6.45) is 1.66. The monoisotopic (exact) mass is 358 g/mol. The first-order valence-electron chi connectivity index (χ1n) is 8.32. The number of nitrogens with two attached hydrogens (primary N) is 3. The molecule has 0 atom stereocenters. The minimum Gasteiger partial charge on any atom is -0.383 e. The van der Waals surface area contributed by atoms with Crippen LogP contribution in [0.2, 0.25) is 0 Å². The van der Waals surface area contributed by atoms with Gasteiger partial charge in [-0.15, -0.1) is 0 Å². The number of aromatic nitrogens is 2. The zero-order valence-corrected chi connectivity index (χ0v) is 14.5. The number of aryl methyl sites for hydroxylation is 1. The zero-order chi connectivity index (χ0) is 18.8. The topological polar surface area (TPSA) is 151 Å². The second-order valence-corrected chi connectivity index (χ2v) is 6.25. The van der Waals surface area contributed by atoms with Gasteiger partial charge >= 0.3 is 0 Å². The van der Waals surface area contributed by atoms with Crippen LogP contribution in [-0.2, 0) is 4.74 Å². The van der Waals surface area contributed by atoms with Crippen LogP contribution in [0.1, 0.15) is 39.3 Å². The first kappa shape index (κ1) is 17.7. The number of nitrogens with zero attached hydrogens (tertiary/aromatic N) is 2. The van der Waals surface area contributed by atoms with Crippen LogP contribution in [0.15, 0.2) is 18.2 Å². The van der Waals surface area contributed by atoms with E-state index in [0.717, 1.165) is 12.8 Å². The number of rotatable bonds is 5. The van der Waals surface area contributed by atoms with Gasteiger partial charge in [0.1, 0.15) is 11.4 Å². The number of ether oxygens (including phenoxy) is 1. The second-order valence-electron chi connectivity index (χ2n) is 6.25. The minimum atomic E-state index is -0.638. The fraction of sp³-hybridized carbons (Fsp3) is 0.353. The summed E-state index contributed by atoms with van der Waals surface area (Å²) < 4.78 is 6.78. The average Bonchev–Trinajstić information content (AvgIpc) is 2.90. The molecule has 3 rings (SSSR count). The molecule has 0 unspecified atom stereocenters. The van der Waals surface area contributed by atoms with Crippen molar-refractivity contribution in [2.75, 3.05) is 24.3 Å². The molecule has 138 valence electrons. The van der Waals surface area contributed by atoms with E-state index in [4.69, 9.17) is 21.9 Å². The quantitative estimate of drug-likeness (QED) is 0.612. The number of carbonyl (C=O) groups is 2. The van der Waals surface area contributed by atoms with Crippen molar-refractivity contribution in [1.82, 2.24) is 9.78 Å². The Morgan fingerprint density at radius 2 is 1.92 bits per heavy atom. The molecule has 2 heterocycles. The van der Waals surface area contributed by atoms with Crippen molar-refractivity contribution < 1.29 is 14.3 Å². The summed E-state index contributed by atoms with van der Waals surface area (Å²) in [5, 5.41) is 7.64. The van der Waals surface area contributed by atoms with Crippen molar-refractivity contribution >= 4 is 23.3 Å². The lowest BCUT2D eigenvalue weighted by molar-refractivity contribution is 0.0904. The van der Waals surface area contributed by atoms with Crippen LogP contribution in [0.5, 0.6) is 0 Å². The van der Waals surface area contributed by atoms with Crippen LogP contribution in [0.25, 0.3) is 5.69 Å². The third-order valence-corrected chi connectivity index (χ3v) is 4.44. The Labute approximate surface area is 150 Å². The molecule has 1 aliphatic rings. The molecule has 7 N–H and O–H groups in total. The highest BCUT2D eigenvalue weighted by atomic mass is 16.5. The van der Waals surface area contributed by atoms with E-state index in [9.17, 15) is 9.59 Å². The SMILES string of the molecule is Cc1nn(-c2ccc(C(N)=O)c(NC3CCOCC3)c2)c(N)c1C(N)=O. The maximum absolute atomic E-state index is 11.8. The molecule has 9 nitrogen and oxygen atoms in total. The van der Waals surface area contributed by atoms with E-state index in [0.29, 0.717) is 35.8 Å². The molecule has 0 radical (unpaired) electrons. The highest BCUT2D eigenvalue weighted by Gasteiger charge is 2.21. The van der Waals surface area contributed by atoms with Crippen LogP contribution in [0.3, 0.4) is 0 Å². The molecular formula is C17H22N6O3. The van der Waals surface area contributed by atoms with Crippen LogP contribution < -0.4 is 22.5 Å². The average molecular weight is 358 g/mol. The Bertz CT molecular complexity index is 854. The van der Waals surface area contributed by atoms with Crippen molar-refractivity contribution in [3.63, 3.8) is 0 Å². The van der Waals surface area contributed by atoms with Gasteiger partial charge in [0.2, 0.25) is 0 Å². The first-order chi connectivity index (χ1) is 12.4. The molecule has 2 aromatic rings. The van der Waals surface area contributed by atoms with E-state index in [1.807, 2.05) is 0 Å². The van der Waals surface area contributed by atoms with Crippen LogP contribution in [0.4, 0.5) is 11.5 Å². The number of hydrogen-bond acceptors (Lipinski definition) is 6. The maximum Gasteiger partial charge on any atom is 0.254 e. The molecule has 1 aliphatic heterocycles. The number of benzene rings is 1. The van der Waals surface area contributed by atoms with Crippen LogP contribution in [0, 0.1) is 6.92 Å². The molecule has 0 spiro atoms. The molecule has 1 aromatic carbocycles. The fourth-order valence-corrected chi connectivity index (χ4v) is 3.11. The molecule has 2 amide bonds. The Balaban J connectivity index is 2.01. The summed E-state index contributed by atoms with van der Waals surface area (Å²) in [5.74, 6) is -1.02. The van der Waals surface area contributed by atoms with Gasteiger partial charge in [0, 0.05) is 24.9 Å². The Morgan fingerprint density at radius 3 is 2.50 bits per heavy atom. The third kappa shape index (κ3) is 3.33. The first-order valence-corrected chi connectivity index (χ1v) is 8.32. The molecule has 0 bridgehead atoms. The van der Waals surface area contributed by atoms with Gasteiger partial charge in [0.05, 0.1) is 16.9 Å². The normalized spacial score (nSPS) is 15.0. The van der Waals surface area contributed by atoms with Gasteiger partial charge in [-0.1, -0.05) is 0 Å². The number of carbonyl (C=O) groups excluding carboxylic acids is 2. The zero-order valence-electron chi connectivity index (χ0n) is 14.5. The Hall–Kier alpha value is -3.07. The highest BCUT2D eigenvalue weighted by molar-refractivity contribution is 6.00. The fourth-order valence-electron chi connectivity index (χ4n) is 3.11. The van der Waals surface area contributed by atoms with Gasteiger partial charge in [-0.2, -0.15) is 5.10 Å². The summed E-state index contributed by atoms with van der Waals surface area (Å²) in [5.41, 5.74) is 19.1. The summed E-state index contributed by atoms with van der Waals surface area (Å²) in [4.78, 5) is 23.3. The van der Waals surface area contributed by atoms with Gasteiger partial charge < -0.3 is 27.3 Å². The molecule has 0 saturated carbocycles. The van der Waals surface area contributed by atoms with E-state index in [1.165, 1.54) is 4.68 Å². The predicted octanol–water partition coefficient (Wildman–Crippen LogP) is 0.552. The third-order valence-electron chi connectivity index (χ3n) is 4.44. The van der Waals surface area contributed by atoms with E-state index in [1.54, 1.807) is 25.1 Å². The molecule has 9 heteroatoms. The lowest BCUT2D eigenvalue weighted by Gasteiger charge is -2.25. The van der Waals surface area contributed by atoms with Gasteiger partial charge in [-0.3, -0.25) is 9.59 Å². The number of nitrogen functional groups attached to an aromatic ring is 1. The van der Waals surface area contributed by atoms with Crippen LogP contribution in [-0.4, -0.2) is 40.9 Å². The molecule has 0 aliphatic carbocycles. The maximum atomic E-state index is 11.8. The summed E-state index contributed by atoms with van der Waals surface area (Å²) in [7, 11) is 0. The second kappa shape index (κ2) is 7.04.